The molecule has 0 fully saturated rings. The van der Waals surface area contributed by atoms with E-state index in [4.69, 9.17) is 11.6 Å². The van der Waals surface area contributed by atoms with Gasteiger partial charge in [0.05, 0.1) is 37.7 Å². The molecule has 0 unspecified atom stereocenters. The molecule has 0 aromatic heterocycles. The number of amides is 1. The fraction of sp³-hybridized carbons (Fsp3) is 0.0714. The lowest BCUT2D eigenvalue weighted by atomic mass is 10.1. The van der Waals surface area contributed by atoms with Crippen molar-refractivity contribution < 1.29 is 19.6 Å². The maximum Gasteiger partial charge on any atom is 0.295 e. The minimum atomic E-state index is -0.981. The molecule has 0 atom stereocenters. The van der Waals surface area contributed by atoms with Crippen LogP contribution in [0.5, 0.6) is 0 Å². The van der Waals surface area contributed by atoms with Crippen LogP contribution in [-0.4, -0.2) is 20.7 Å². The van der Waals surface area contributed by atoms with E-state index < -0.39 is 42.6 Å². The van der Waals surface area contributed by atoms with Crippen molar-refractivity contribution in [3.05, 3.63) is 76.8 Å². The summed E-state index contributed by atoms with van der Waals surface area (Å²) in [6.07, 6.45) is 0. The van der Waals surface area contributed by atoms with Gasteiger partial charge in [-0.3, -0.25) is 35.1 Å². The van der Waals surface area contributed by atoms with Crippen molar-refractivity contribution in [3.63, 3.8) is 0 Å². The first kappa shape index (κ1) is 18.7. The number of hydrogen-bond donors (Lipinski definition) is 1. The summed E-state index contributed by atoms with van der Waals surface area (Å²) in [5.41, 5.74) is -2.04. The van der Waals surface area contributed by atoms with Crippen LogP contribution in [0.25, 0.3) is 0 Å². The number of halogens is 1. The minimum absolute atomic E-state index is 0.0643. The van der Waals surface area contributed by atoms with Gasteiger partial charge in [0, 0.05) is 12.1 Å². The second-order valence-corrected chi connectivity index (χ2v) is 5.38. The van der Waals surface area contributed by atoms with E-state index in [9.17, 15) is 35.1 Å². The average molecular weight is 381 g/mol. The number of benzene rings is 2. The Labute approximate surface area is 149 Å². The van der Waals surface area contributed by atoms with Gasteiger partial charge in [0.2, 0.25) is 0 Å². The predicted molar refractivity (Wildman–Crippen MR) is 90.5 cm³/mol. The lowest BCUT2D eigenvalue weighted by Gasteiger charge is -2.10. The Morgan fingerprint density at radius 2 is 1.62 bits per heavy atom. The average Bonchev–Trinajstić information content (AvgIpc) is 2.55. The lowest BCUT2D eigenvalue weighted by molar-refractivity contribution is -0.394. The number of hydrogen-bond acceptors (Lipinski definition) is 7. The van der Waals surface area contributed by atoms with Gasteiger partial charge >= 0.3 is 0 Å². The Morgan fingerprint density at radius 3 is 2.15 bits per heavy atom. The summed E-state index contributed by atoms with van der Waals surface area (Å²) in [5, 5.41) is 34.6. The van der Waals surface area contributed by atoms with Gasteiger partial charge in [0.15, 0.2) is 0 Å². The van der Waals surface area contributed by atoms with Gasteiger partial charge in [-0.2, -0.15) is 0 Å². The molecule has 1 amide bonds. The summed E-state index contributed by atoms with van der Waals surface area (Å²) in [6.45, 7) is 1.39. The number of nitro benzene ring substituents is 3. The maximum absolute atomic E-state index is 12.4. The van der Waals surface area contributed by atoms with Gasteiger partial charge in [-0.25, -0.2) is 0 Å². The van der Waals surface area contributed by atoms with Gasteiger partial charge in [-0.05, 0) is 13.0 Å². The third kappa shape index (κ3) is 3.57. The van der Waals surface area contributed by atoms with E-state index in [0.717, 1.165) is 6.07 Å². The normalized spacial score (nSPS) is 10.2. The molecule has 0 aliphatic heterocycles. The van der Waals surface area contributed by atoms with Crippen LogP contribution in [-0.2, 0) is 0 Å². The van der Waals surface area contributed by atoms with Crippen LogP contribution in [0.2, 0.25) is 5.02 Å². The summed E-state index contributed by atoms with van der Waals surface area (Å²) in [4.78, 5) is 42.8. The number of non-ortho nitro benzene ring substituents is 1. The summed E-state index contributed by atoms with van der Waals surface area (Å²) in [5.74, 6) is -0.981. The zero-order valence-electron chi connectivity index (χ0n) is 13.0. The van der Waals surface area contributed by atoms with Crippen molar-refractivity contribution in [2.45, 2.75) is 6.92 Å². The minimum Gasteiger partial charge on any atom is -0.321 e. The largest absolute Gasteiger partial charge is 0.321 e. The van der Waals surface area contributed by atoms with Crippen molar-refractivity contribution >= 4 is 40.3 Å². The van der Waals surface area contributed by atoms with Crippen molar-refractivity contribution in [2.24, 2.45) is 0 Å². The molecule has 0 saturated heterocycles. The van der Waals surface area contributed by atoms with E-state index in [0.29, 0.717) is 6.07 Å². The molecule has 134 valence electrons. The van der Waals surface area contributed by atoms with Crippen LogP contribution in [0.3, 0.4) is 0 Å². The van der Waals surface area contributed by atoms with Crippen LogP contribution in [0.1, 0.15) is 15.9 Å². The first-order valence-corrected chi connectivity index (χ1v) is 7.19. The standard InChI is InChI=1S/C14H9ClN4O7/c1-7-10(3-2-4-11(7)18(23)24)16-14(20)9-5-8(17(21)22)6-12(13(9)15)19(25)26/h2-6H,1H3,(H,16,20). The maximum atomic E-state index is 12.4. The fourth-order valence-corrected chi connectivity index (χ4v) is 2.41. The first-order chi connectivity index (χ1) is 12.1. The number of anilines is 1. The van der Waals surface area contributed by atoms with E-state index in [1.165, 1.54) is 25.1 Å². The third-order valence-electron chi connectivity index (χ3n) is 3.44. The Kier molecular flexibility index (Phi) is 5.12. The Hall–Kier alpha value is -3.60. The number of nitrogens with one attached hydrogen (secondary N) is 1. The van der Waals surface area contributed by atoms with Gasteiger partial charge in [0.25, 0.3) is 23.0 Å². The molecule has 0 heterocycles. The van der Waals surface area contributed by atoms with E-state index in [1.54, 1.807) is 0 Å². The molecule has 2 aromatic carbocycles. The van der Waals surface area contributed by atoms with Gasteiger partial charge in [-0.15, -0.1) is 0 Å². The Bertz CT molecular complexity index is 961. The molecule has 0 radical (unpaired) electrons. The highest BCUT2D eigenvalue weighted by molar-refractivity contribution is 6.36. The summed E-state index contributed by atoms with van der Waals surface area (Å²) in [6, 6.07) is 5.36. The topological polar surface area (TPSA) is 159 Å². The Balaban J connectivity index is 2.51. The zero-order valence-corrected chi connectivity index (χ0v) is 13.7. The molecule has 2 rings (SSSR count). The molecule has 1 N–H and O–H groups in total. The van der Waals surface area contributed by atoms with Crippen molar-refractivity contribution in [3.8, 4) is 0 Å². The van der Waals surface area contributed by atoms with E-state index in [1.807, 2.05) is 0 Å². The molecule has 26 heavy (non-hydrogen) atoms. The highest BCUT2D eigenvalue weighted by Crippen LogP contribution is 2.34. The molecule has 0 bridgehead atoms. The van der Waals surface area contributed by atoms with E-state index >= 15 is 0 Å². The molecule has 11 nitrogen and oxygen atoms in total. The van der Waals surface area contributed by atoms with Gasteiger partial charge in [-0.1, -0.05) is 17.7 Å². The molecule has 0 aliphatic carbocycles. The SMILES string of the molecule is Cc1c(NC(=O)c2cc([N+](=O)[O-])cc([N+](=O)[O-])c2Cl)cccc1[N+](=O)[O-]. The number of rotatable bonds is 5. The van der Waals surface area contributed by atoms with Crippen LogP contribution in [0, 0.1) is 37.3 Å². The molecule has 0 spiro atoms. The van der Waals surface area contributed by atoms with Crippen LogP contribution < -0.4 is 5.32 Å². The summed E-state index contributed by atoms with van der Waals surface area (Å²) >= 11 is 5.83. The van der Waals surface area contributed by atoms with Crippen molar-refractivity contribution in [1.82, 2.24) is 0 Å². The Morgan fingerprint density at radius 1 is 1.00 bits per heavy atom. The molecule has 0 saturated carbocycles. The van der Waals surface area contributed by atoms with E-state index in [-0.39, 0.29) is 16.9 Å². The zero-order chi connectivity index (χ0) is 19.6. The number of carbonyl (C=O) groups excluding carboxylic acids is 1. The van der Waals surface area contributed by atoms with Crippen molar-refractivity contribution in [2.75, 3.05) is 5.32 Å². The number of carbonyl (C=O) groups is 1. The monoisotopic (exact) mass is 380 g/mol. The first-order valence-electron chi connectivity index (χ1n) is 6.81. The third-order valence-corrected chi connectivity index (χ3v) is 3.84. The summed E-state index contributed by atoms with van der Waals surface area (Å²) in [7, 11) is 0. The van der Waals surface area contributed by atoms with Crippen LogP contribution >= 0.6 is 11.6 Å². The van der Waals surface area contributed by atoms with Gasteiger partial charge < -0.3 is 5.32 Å². The van der Waals surface area contributed by atoms with Gasteiger partial charge in [0.1, 0.15) is 5.02 Å². The number of nitro groups is 3. The highest BCUT2D eigenvalue weighted by atomic mass is 35.5. The molecule has 2 aromatic rings. The molecule has 0 aliphatic rings. The van der Waals surface area contributed by atoms with Crippen molar-refractivity contribution in [1.29, 1.82) is 0 Å². The fourth-order valence-electron chi connectivity index (χ4n) is 2.14. The number of nitrogens with zero attached hydrogens (tertiary/aromatic N) is 3. The quantitative estimate of drug-likeness (QED) is 0.612. The predicted octanol–water partition coefficient (Wildman–Crippen LogP) is 3.63. The van der Waals surface area contributed by atoms with E-state index in [2.05, 4.69) is 5.32 Å². The van der Waals surface area contributed by atoms with Crippen LogP contribution in [0.4, 0.5) is 22.7 Å². The lowest BCUT2D eigenvalue weighted by Crippen LogP contribution is -2.15. The van der Waals surface area contributed by atoms with Crippen LogP contribution in [0.15, 0.2) is 30.3 Å². The second-order valence-electron chi connectivity index (χ2n) is 5.00. The summed E-state index contributed by atoms with van der Waals surface area (Å²) < 4.78 is 0. The molecular weight excluding hydrogens is 372 g/mol. The smallest absolute Gasteiger partial charge is 0.295 e. The molecular formula is C14H9ClN4O7. The highest BCUT2D eigenvalue weighted by Gasteiger charge is 2.27. The molecule has 12 heteroatoms. The second kappa shape index (κ2) is 7.11.